The van der Waals surface area contributed by atoms with E-state index < -0.39 is 0 Å². The minimum Gasteiger partial charge on any atom is -0.858 e. The summed E-state index contributed by atoms with van der Waals surface area (Å²) in [6.45, 7) is 3.75. The topological polar surface area (TPSA) is 35.4 Å². The molecule has 0 aliphatic carbocycles. The average molecular weight is 175 g/mol. The van der Waals surface area contributed by atoms with Gasteiger partial charge in [-0.1, -0.05) is 24.3 Å². The maximum Gasteiger partial charge on any atom is 1.00 e. The Labute approximate surface area is 109 Å². The van der Waals surface area contributed by atoms with Crippen LogP contribution in [0.2, 0.25) is 0 Å². The number of rotatable bonds is 2. The second-order valence-corrected chi connectivity index (χ2v) is 2.80. The third-order valence-electron chi connectivity index (χ3n) is 1.31. The van der Waals surface area contributed by atoms with Crippen LogP contribution in [0.25, 0.3) is 0 Å². The molecule has 0 spiro atoms. The first-order valence-electron chi connectivity index (χ1n) is 3.92. The predicted octanol–water partition coefficient (Wildman–Crippen LogP) is -2.37. The van der Waals surface area contributed by atoms with Crippen molar-refractivity contribution in [3.8, 4) is 0 Å². The van der Waals surface area contributed by atoms with Gasteiger partial charge in [-0.3, -0.25) is 4.99 Å². The summed E-state index contributed by atoms with van der Waals surface area (Å²) in [5.41, 5.74) is 0.534. The third-order valence-corrected chi connectivity index (χ3v) is 1.31. The van der Waals surface area contributed by atoms with Crippen LogP contribution in [0.5, 0.6) is 0 Å². The summed E-state index contributed by atoms with van der Waals surface area (Å²) < 4.78 is 0. The minimum absolute atomic E-state index is 0. The van der Waals surface area contributed by atoms with Crippen LogP contribution in [0.4, 0.5) is 0 Å². The molecule has 0 bridgehead atoms. The molecule has 0 fully saturated rings. The van der Waals surface area contributed by atoms with Gasteiger partial charge in [0, 0.05) is 24.9 Å². The molecule has 2 radical (unpaired) electrons. The fourth-order valence-electron chi connectivity index (χ4n) is 0.830. The fraction of sp³-hybridized carbons (Fsp3) is 0.300. The van der Waals surface area contributed by atoms with Gasteiger partial charge in [0.25, 0.3) is 0 Å². The van der Waals surface area contributed by atoms with Crippen LogP contribution in [0.3, 0.4) is 0 Å². The Kier molecular flexibility index (Phi) is 9.58. The van der Waals surface area contributed by atoms with E-state index in [0.29, 0.717) is 5.56 Å². The zero-order valence-corrected chi connectivity index (χ0v) is 9.24. The van der Waals surface area contributed by atoms with Gasteiger partial charge in [0.2, 0.25) is 0 Å². The molecule has 0 saturated carbocycles. The van der Waals surface area contributed by atoms with Gasteiger partial charge >= 0.3 is 18.9 Å². The number of hydrogen-bond donors (Lipinski definition) is 0. The summed E-state index contributed by atoms with van der Waals surface area (Å²) >= 11 is 0. The maximum absolute atomic E-state index is 11.3. The number of hydrogen-bond acceptors (Lipinski definition) is 2. The Balaban J connectivity index is 0. The van der Waals surface area contributed by atoms with Crippen LogP contribution < -0.4 is 24.0 Å². The minimum atomic E-state index is -0.189. The SMILES string of the molecule is CC(C)N=C([O-])c1[c]cccc1.[Li+].[Li]. The van der Waals surface area contributed by atoms with Crippen molar-refractivity contribution in [3.63, 3.8) is 0 Å². The molecular weight excluding hydrogens is 164 g/mol. The van der Waals surface area contributed by atoms with Gasteiger partial charge in [0.05, 0.1) is 0 Å². The Bertz CT molecular complexity index is 273. The molecule has 1 rings (SSSR count). The van der Waals surface area contributed by atoms with Crippen LogP contribution in [0, 0.1) is 6.07 Å². The van der Waals surface area contributed by atoms with E-state index in [2.05, 4.69) is 11.1 Å². The molecule has 0 aliphatic rings. The third kappa shape index (κ3) is 5.58. The van der Waals surface area contributed by atoms with Crippen LogP contribution in [-0.4, -0.2) is 30.8 Å². The zero-order chi connectivity index (χ0) is 8.97. The van der Waals surface area contributed by atoms with Crippen LogP contribution in [0.1, 0.15) is 19.4 Å². The van der Waals surface area contributed by atoms with Crippen molar-refractivity contribution in [3.05, 3.63) is 35.9 Å². The molecule has 0 aliphatic heterocycles. The summed E-state index contributed by atoms with van der Waals surface area (Å²) in [5.74, 6) is -0.189. The second-order valence-electron chi connectivity index (χ2n) is 2.80. The van der Waals surface area contributed by atoms with Crippen molar-refractivity contribution in [2.45, 2.75) is 19.9 Å². The van der Waals surface area contributed by atoms with E-state index in [1.165, 1.54) is 0 Å². The zero-order valence-electron chi connectivity index (χ0n) is 9.24. The summed E-state index contributed by atoms with van der Waals surface area (Å²) in [4.78, 5) is 3.88. The molecule has 0 heterocycles. The summed E-state index contributed by atoms with van der Waals surface area (Å²) in [5, 5.41) is 11.3. The van der Waals surface area contributed by atoms with Crippen molar-refractivity contribution in [2.24, 2.45) is 4.99 Å². The normalized spacial score (nSPS) is 10.4. The van der Waals surface area contributed by atoms with Gasteiger partial charge in [0.15, 0.2) is 0 Å². The smallest absolute Gasteiger partial charge is 0.858 e. The molecule has 2 nitrogen and oxygen atoms in total. The standard InChI is InChI=1S/C10H12NO.2Li/c1-8(2)11-10(12)9-6-4-3-5-7-9;;/h3-6,8H,1-2H3,(H,11,12);;/q;;+1/p-1. The monoisotopic (exact) mass is 175 g/mol. The summed E-state index contributed by atoms with van der Waals surface area (Å²) in [6, 6.07) is 9.94. The maximum atomic E-state index is 11.3. The van der Waals surface area contributed by atoms with Crippen LogP contribution >= 0.6 is 0 Å². The van der Waals surface area contributed by atoms with Gasteiger partial charge in [0.1, 0.15) is 0 Å². The molecule has 64 valence electrons. The first-order chi connectivity index (χ1) is 5.70. The van der Waals surface area contributed by atoms with E-state index in [0.717, 1.165) is 0 Å². The Hall–Kier alpha value is -0.115. The van der Waals surface area contributed by atoms with Gasteiger partial charge in [-0.2, -0.15) is 0 Å². The number of benzene rings is 1. The van der Waals surface area contributed by atoms with Gasteiger partial charge in [-0.15, -0.1) is 0 Å². The molecule has 0 N–H and O–H groups in total. The van der Waals surface area contributed by atoms with Gasteiger partial charge < -0.3 is 5.11 Å². The van der Waals surface area contributed by atoms with Crippen molar-refractivity contribution >= 4 is 24.8 Å². The van der Waals surface area contributed by atoms with Crippen molar-refractivity contribution in [2.75, 3.05) is 0 Å². The van der Waals surface area contributed by atoms with Crippen molar-refractivity contribution in [1.29, 1.82) is 0 Å². The molecule has 0 amide bonds. The van der Waals surface area contributed by atoms with E-state index >= 15 is 0 Å². The quantitative estimate of drug-likeness (QED) is 0.281. The Morgan fingerprint density at radius 1 is 1.43 bits per heavy atom. The molecule has 1 aromatic carbocycles. The van der Waals surface area contributed by atoms with E-state index in [-0.39, 0.29) is 49.7 Å². The van der Waals surface area contributed by atoms with E-state index in [9.17, 15) is 5.11 Å². The first kappa shape index (κ1) is 16.3. The molecule has 0 aromatic heterocycles. The molecular formula is C10H11Li2NO. The van der Waals surface area contributed by atoms with Crippen LogP contribution in [-0.2, 0) is 0 Å². The number of nitrogens with zero attached hydrogens (tertiary/aromatic N) is 1. The molecule has 4 heteroatoms. The Morgan fingerprint density at radius 3 is 2.50 bits per heavy atom. The van der Waals surface area contributed by atoms with E-state index in [1.807, 2.05) is 19.9 Å². The molecule has 0 saturated heterocycles. The molecule has 14 heavy (non-hydrogen) atoms. The first-order valence-corrected chi connectivity index (χ1v) is 3.92. The van der Waals surface area contributed by atoms with Crippen molar-refractivity contribution in [1.82, 2.24) is 0 Å². The Morgan fingerprint density at radius 2 is 2.07 bits per heavy atom. The molecule has 0 unspecified atom stereocenters. The summed E-state index contributed by atoms with van der Waals surface area (Å²) in [6.07, 6.45) is 0. The number of aliphatic imine (C=N–C) groups is 1. The van der Waals surface area contributed by atoms with Crippen molar-refractivity contribution < 1.29 is 24.0 Å². The predicted molar refractivity (Wildman–Crippen MR) is 52.7 cm³/mol. The fourth-order valence-corrected chi connectivity index (χ4v) is 0.830. The van der Waals surface area contributed by atoms with E-state index in [4.69, 9.17) is 0 Å². The van der Waals surface area contributed by atoms with Crippen LogP contribution in [0.15, 0.2) is 29.3 Å². The van der Waals surface area contributed by atoms with Gasteiger partial charge in [-0.05, 0) is 31.4 Å². The second kappa shape index (κ2) is 8.21. The summed E-state index contributed by atoms with van der Waals surface area (Å²) in [7, 11) is 0. The largest absolute Gasteiger partial charge is 1.00 e. The van der Waals surface area contributed by atoms with E-state index in [1.54, 1.807) is 18.2 Å². The molecule has 1 aromatic rings. The molecule has 0 atom stereocenters. The average Bonchev–Trinajstić information content (AvgIpc) is 2.05. The van der Waals surface area contributed by atoms with Gasteiger partial charge in [-0.25, -0.2) is 0 Å².